The van der Waals surface area contributed by atoms with Gasteiger partial charge in [0.15, 0.2) is 0 Å². The van der Waals surface area contributed by atoms with Gasteiger partial charge in [-0.1, -0.05) is 35.2 Å². The van der Waals surface area contributed by atoms with Gasteiger partial charge in [0, 0.05) is 19.1 Å². The standard InChI is InChI=1S/C12H22BrNO3/c1-17-12(16)11(13)9-14(7-8-15)10-5-3-2-4-6-10/h10-11,15H,2-9H2,1H3. The van der Waals surface area contributed by atoms with E-state index in [4.69, 9.17) is 9.84 Å². The number of carbonyl (C=O) groups is 1. The Balaban J connectivity index is 2.49. The van der Waals surface area contributed by atoms with Crippen LogP contribution in [0.1, 0.15) is 32.1 Å². The zero-order valence-electron chi connectivity index (χ0n) is 10.4. The summed E-state index contributed by atoms with van der Waals surface area (Å²) in [7, 11) is 1.40. The van der Waals surface area contributed by atoms with E-state index in [0.29, 0.717) is 19.1 Å². The lowest BCUT2D eigenvalue weighted by Gasteiger charge is -2.34. The zero-order valence-corrected chi connectivity index (χ0v) is 12.0. The van der Waals surface area contributed by atoms with Gasteiger partial charge >= 0.3 is 5.97 Å². The normalized spacial score (nSPS) is 19.3. The van der Waals surface area contributed by atoms with Crippen LogP contribution >= 0.6 is 15.9 Å². The van der Waals surface area contributed by atoms with Crippen molar-refractivity contribution in [3.05, 3.63) is 0 Å². The van der Waals surface area contributed by atoms with Crippen molar-refractivity contribution in [3.63, 3.8) is 0 Å². The molecule has 0 saturated heterocycles. The van der Waals surface area contributed by atoms with Crippen LogP contribution in [0.5, 0.6) is 0 Å². The van der Waals surface area contributed by atoms with Crippen LogP contribution in [0.4, 0.5) is 0 Å². The van der Waals surface area contributed by atoms with Gasteiger partial charge in [-0.2, -0.15) is 0 Å². The van der Waals surface area contributed by atoms with E-state index in [1.165, 1.54) is 39.2 Å². The summed E-state index contributed by atoms with van der Waals surface area (Å²) in [5, 5.41) is 9.10. The number of hydrogen-bond donors (Lipinski definition) is 1. The van der Waals surface area contributed by atoms with Crippen molar-refractivity contribution in [1.82, 2.24) is 4.90 Å². The largest absolute Gasteiger partial charge is 0.468 e. The Morgan fingerprint density at radius 1 is 1.47 bits per heavy atom. The van der Waals surface area contributed by atoms with Crippen LogP contribution in [0, 0.1) is 0 Å². The smallest absolute Gasteiger partial charge is 0.320 e. The predicted octanol–water partition coefficient (Wildman–Crippen LogP) is 1.55. The Kier molecular flexibility index (Phi) is 7.08. The van der Waals surface area contributed by atoms with Crippen molar-refractivity contribution < 1.29 is 14.6 Å². The molecular weight excluding hydrogens is 286 g/mol. The van der Waals surface area contributed by atoms with Crippen LogP contribution in [-0.4, -0.2) is 53.7 Å². The van der Waals surface area contributed by atoms with Gasteiger partial charge in [0.05, 0.1) is 13.7 Å². The zero-order chi connectivity index (χ0) is 12.7. The van der Waals surface area contributed by atoms with E-state index < -0.39 is 0 Å². The lowest BCUT2D eigenvalue weighted by molar-refractivity contribution is -0.140. The van der Waals surface area contributed by atoms with E-state index in [9.17, 15) is 4.79 Å². The number of nitrogens with zero attached hydrogens (tertiary/aromatic N) is 1. The van der Waals surface area contributed by atoms with Gasteiger partial charge in [-0.3, -0.25) is 9.69 Å². The Hall–Kier alpha value is -0.130. The maximum Gasteiger partial charge on any atom is 0.320 e. The minimum atomic E-state index is -0.305. The fourth-order valence-electron chi connectivity index (χ4n) is 2.41. The molecule has 5 heteroatoms. The summed E-state index contributed by atoms with van der Waals surface area (Å²) >= 11 is 3.34. The molecule has 1 aliphatic rings. The SMILES string of the molecule is COC(=O)C(Br)CN(CCO)C1CCCCC1. The third-order valence-corrected chi connectivity index (χ3v) is 3.99. The molecule has 0 aromatic rings. The quantitative estimate of drug-likeness (QED) is 0.597. The average Bonchev–Trinajstić information content (AvgIpc) is 2.38. The van der Waals surface area contributed by atoms with Gasteiger partial charge in [-0.05, 0) is 12.8 Å². The van der Waals surface area contributed by atoms with E-state index in [0.717, 1.165) is 0 Å². The first-order valence-corrected chi connectivity index (χ1v) is 7.17. The maximum atomic E-state index is 11.4. The molecule has 1 saturated carbocycles. The van der Waals surface area contributed by atoms with Crippen LogP contribution in [0.15, 0.2) is 0 Å². The molecule has 0 spiro atoms. The van der Waals surface area contributed by atoms with Crippen LogP contribution in [-0.2, 0) is 9.53 Å². The molecule has 100 valence electrons. The lowest BCUT2D eigenvalue weighted by atomic mass is 9.94. The van der Waals surface area contributed by atoms with Crippen molar-refractivity contribution in [3.8, 4) is 0 Å². The molecule has 1 rings (SSSR count). The molecule has 17 heavy (non-hydrogen) atoms. The number of halogens is 1. The molecule has 1 fully saturated rings. The van der Waals surface area contributed by atoms with Crippen LogP contribution in [0.25, 0.3) is 0 Å². The second-order valence-corrected chi connectivity index (χ2v) is 5.61. The number of hydrogen-bond acceptors (Lipinski definition) is 4. The first-order chi connectivity index (χ1) is 8.19. The van der Waals surface area contributed by atoms with Gasteiger partial charge in [0.25, 0.3) is 0 Å². The summed E-state index contributed by atoms with van der Waals surface area (Å²) in [6.07, 6.45) is 6.13. The number of ether oxygens (including phenoxy) is 1. The lowest BCUT2D eigenvalue weighted by Crippen LogP contribution is -2.43. The van der Waals surface area contributed by atoms with E-state index >= 15 is 0 Å². The maximum absolute atomic E-state index is 11.4. The second kappa shape index (κ2) is 8.06. The number of carbonyl (C=O) groups excluding carboxylic acids is 1. The molecular formula is C12H22BrNO3. The highest BCUT2D eigenvalue weighted by atomic mass is 79.9. The molecule has 0 aromatic carbocycles. The third-order valence-electron chi connectivity index (χ3n) is 3.33. The van der Waals surface area contributed by atoms with Crippen molar-refractivity contribution in [2.75, 3.05) is 26.8 Å². The number of alkyl halides is 1. The van der Waals surface area contributed by atoms with E-state index in [1.54, 1.807) is 0 Å². The highest BCUT2D eigenvalue weighted by Crippen LogP contribution is 2.23. The van der Waals surface area contributed by atoms with Crippen LogP contribution in [0.2, 0.25) is 0 Å². The van der Waals surface area contributed by atoms with Crippen molar-refractivity contribution >= 4 is 21.9 Å². The van der Waals surface area contributed by atoms with Gasteiger partial charge in [0.2, 0.25) is 0 Å². The first kappa shape index (κ1) is 14.9. The molecule has 1 unspecified atom stereocenters. The average molecular weight is 308 g/mol. The van der Waals surface area contributed by atoms with Gasteiger partial charge in [-0.25, -0.2) is 0 Å². The van der Waals surface area contributed by atoms with Gasteiger partial charge < -0.3 is 9.84 Å². The molecule has 1 aliphatic carbocycles. The summed E-state index contributed by atoms with van der Waals surface area (Å²) in [6.45, 7) is 1.37. The molecule has 4 nitrogen and oxygen atoms in total. The monoisotopic (exact) mass is 307 g/mol. The molecule has 0 amide bonds. The summed E-state index contributed by atoms with van der Waals surface area (Å²) in [5.41, 5.74) is 0. The summed E-state index contributed by atoms with van der Waals surface area (Å²) in [5.74, 6) is -0.247. The molecule has 0 aliphatic heterocycles. The highest BCUT2D eigenvalue weighted by molar-refractivity contribution is 9.10. The Bertz CT molecular complexity index is 232. The fraction of sp³-hybridized carbons (Fsp3) is 0.917. The van der Waals surface area contributed by atoms with E-state index in [1.807, 2.05) is 0 Å². The minimum Gasteiger partial charge on any atom is -0.468 e. The van der Waals surface area contributed by atoms with Crippen molar-refractivity contribution in [2.24, 2.45) is 0 Å². The Morgan fingerprint density at radius 2 is 2.12 bits per heavy atom. The van der Waals surface area contributed by atoms with Crippen LogP contribution in [0.3, 0.4) is 0 Å². The Labute approximate surface area is 111 Å². The molecule has 1 N–H and O–H groups in total. The third kappa shape index (κ3) is 4.94. The molecule has 1 atom stereocenters. The van der Waals surface area contributed by atoms with Gasteiger partial charge in [-0.15, -0.1) is 0 Å². The highest BCUT2D eigenvalue weighted by Gasteiger charge is 2.25. The summed E-state index contributed by atoms with van der Waals surface area (Å²) < 4.78 is 4.70. The Morgan fingerprint density at radius 3 is 2.65 bits per heavy atom. The van der Waals surface area contributed by atoms with Crippen molar-refractivity contribution in [1.29, 1.82) is 0 Å². The summed E-state index contributed by atoms with van der Waals surface area (Å²) in [6, 6.07) is 0.501. The number of methoxy groups -OCH3 is 1. The predicted molar refractivity (Wildman–Crippen MR) is 70.3 cm³/mol. The molecule has 0 radical (unpaired) electrons. The van der Waals surface area contributed by atoms with E-state index in [-0.39, 0.29) is 17.4 Å². The number of aliphatic hydroxyl groups excluding tert-OH is 1. The van der Waals surface area contributed by atoms with E-state index in [2.05, 4.69) is 20.8 Å². The second-order valence-electron chi connectivity index (χ2n) is 4.50. The topological polar surface area (TPSA) is 49.8 Å². The molecule has 0 bridgehead atoms. The molecule has 0 heterocycles. The molecule has 0 aromatic heterocycles. The van der Waals surface area contributed by atoms with Crippen LogP contribution < -0.4 is 0 Å². The number of esters is 1. The summed E-state index contributed by atoms with van der Waals surface area (Å²) in [4.78, 5) is 13.3. The number of aliphatic hydroxyl groups is 1. The van der Waals surface area contributed by atoms with Gasteiger partial charge in [0.1, 0.15) is 4.83 Å². The fourth-order valence-corrected chi connectivity index (χ4v) is 2.96. The first-order valence-electron chi connectivity index (χ1n) is 6.26. The minimum absolute atomic E-state index is 0.136. The number of rotatable bonds is 6. The van der Waals surface area contributed by atoms with Crippen molar-refractivity contribution in [2.45, 2.75) is 43.0 Å².